The van der Waals surface area contributed by atoms with Crippen LogP contribution in [-0.4, -0.2) is 57.8 Å². The molecule has 0 aliphatic rings. The van der Waals surface area contributed by atoms with Crippen LogP contribution >= 0.6 is 0 Å². The first-order valence-electron chi connectivity index (χ1n) is 13.6. The van der Waals surface area contributed by atoms with Gasteiger partial charge in [-0.2, -0.15) is 0 Å². The molecule has 0 spiro atoms. The lowest BCUT2D eigenvalue weighted by atomic mass is 10.0. The predicted octanol–water partition coefficient (Wildman–Crippen LogP) is 6.87. The van der Waals surface area contributed by atoms with E-state index in [1.54, 1.807) is 0 Å². The number of ether oxygens (including phenoxy) is 1. The van der Waals surface area contributed by atoms with Crippen LogP contribution in [0.2, 0.25) is 0 Å². The molecule has 4 heteroatoms. The van der Waals surface area contributed by atoms with Crippen molar-refractivity contribution in [3.8, 4) is 0 Å². The Bertz CT molecular complexity index is 380. The van der Waals surface area contributed by atoms with Gasteiger partial charge in [-0.15, -0.1) is 0 Å². The van der Waals surface area contributed by atoms with Crippen molar-refractivity contribution in [2.45, 2.75) is 122 Å². The topological polar surface area (TPSA) is 38.3 Å². The number of carbonyl (C=O) groups excluding carboxylic acids is 1. The molecule has 0 fully saturated rings. The summed E-state index contributed by atoms with van der Waals surface area (Å²) in [6.07, 6.45) is 23.1. The molecule has 0 aromatic rings. The van der Waals surface area contributed by atoms with E-state index in [0.717, 1.165) is 50.0 Å². The number of hydrogen-bond acceptors (Lipinski definition) is 2. The highest BCUT2D eigenvalue weighted by atomic mass is 16.5. The summed E-state index contributed by atoms with van der Waals surface area (Å²) in [6.45, 7) is 5.85. The van der Waals surface area contributed by atoms with E-state index < -0.39 is 0 Å². The Morgan fingerprint density at radius 3 is 1.58 bits per heavy atom. The van der Waals surface area contributed by atoms with E-state index in [4.69, 9.17) is 4.74 Å². The van der Waals surface area contributed by atoms with Crippen molar-refractivity contribution in [3.63, 3.8) is 0 Å². The van der Waals surface area contributed by atoms with Crippen LogP contribution in [0.15, 0.2) is 0 Å². The summed E-state index contributed by atoms with van der Waals surface area (Å²) >= 11 is 0. The molecule has 0 aromatic carbocycles. The van der Waals surface area contributed by atoms with Gasteiger partial charge in [0, 0.05) is 32.6 Å². The molecule has 4 nitrogen and oxygen atoms in total. The third kappa shape index (κ3) is 27.4. The SMILES string of the molecule is CCCCCCCCCCCCCCCCOCCCCC(=O)NCCC[N+](C)(C)C. The summed E-state index contributed by atoms with van der Waals surface area (Å²) in [7, 11) is 6.54. The maximum atomic E-state index is 11.8. The second kappa shape index (κ2) is 22.6. The Balaban J connectivity index is 3.14. The third-order valence-electron chi connectivity index (χ3n) is 5.91. The lowest BCUT2D eigenvalue weighted by Gasteiger charge is -2.23. The molecule has 31 heavy (non-hydrogen) atoms. The van der Waals surface area contributed by atoms with Gasteiger partial charge in [0.15, 0.2) is 0 Å². The number of unbranched alkanes of at least 4 members (excludes halogenated alkanes) is 14. The number of rotatable bonds is 24. The Hall–Kier alpha value is -0.610. The molecule has 0 aliphatic carbocycles. The molecule has 0 saturated heterocycles. The summed E-state index contributed by atoms with van der Waals surface area (Å²) in [5.74, 6) is 0.188. The first-order valence-corrected chi connectivity index (χ1v) is 13.6. The fraction of sp³-hybridized carbons (Fsp3) is 0.963. The molecule has 0 heterocycles. The number of nitrogens with zero attached hydrogens (tertiary/aromatic N) is 1. The summed E-state index contributed by atoms with van der Waals surface area (Å²) in [5, 5.41) is 3.02. The van der Waals surface area contributed by atoms with Crippen LogP contribution in [0.4, 0.5) is 0 Å². The number of amides is 1. The average Bonchev–Trinajstić information content (AvgIpc) is 2.72. The van der Waals surface area contributed by atoms with Crippen molar-refractivity contribution < 1.29 is 14.0 Å². The van der Waals surface area contributed by atoms with Crippen molar-refractivity contribution in [2.24, 2.45) is 0 Å². The lowest BCUT2D eigenvalue weighted by Crippen LogP contribution is -2.37. The van der Waals surface area contributed by atoms with Crippen LogP contribution < -0.4 is 5.32 Å². The highest BCUT2D eigenvalue weighted by Crippen LogP contribution is 2.13. The molecule has 0 aromatic heterocycles. The molecule has 0 bridgehead atoms. The van der Waals surface area contributed by atoms with E-state index in [1.807, 2.05) is 0 Å². The maximum absolute atomic E-state index is 11.8. The van der Waals surface area contributed by atoms with Crippen molar-refractivity contribution >= 4 is 5.91 Å². The van der Waals surface area contributed by atoms with Crippen LogP contribution in [0, 0.1) is 0 Å². The summed E-state index contributed by atoms with van der Waals surface area (Å²) in [6, 6.07) is 0. The summed E-state index contributed by atoms with van der Waals surface area (Å²) in [4.78, 5) is 11.8. The van der Waals surface area contributed by atoms with E-state index in [2.05, 4.69) is 33.4 Å². The van der Waals surface area contributed by atoms with Gasteiger partial charge in [-0.1, -0.05) is 90.4 Å². The molecular weight excluding hydrogens is 384 g/mol. The average molecular weight is 442 g/mol. The van der Waals surface area contributed by atoms with Gasteiger partial charge in [0.2, 0.25) is 5.91 Å². The minimum atomic E-state index is 0.188. The Morgan fingerprint density at radius 1 is 0.645 bits per heavy atom. The zero-order valence-corrected chi connectivity index (χ0v) is 21.8. The van der Waals surface area contributed by atoms with E-state index in [-0.39, 0.29) is 5.91 Å². The van der Waals surface area contributed by atoms with Gasteiger partial charge in [-0.25, -0.2) is 0 Å². The predicted molar refractivity (Wildman–Crippen MR) is 136 cm³/mol. The van der Waals surface area contributed by atoms with Gasteiger partial charge in [0.1, 0.15) is 0 Å². The van der Waals surface area contributed by atoms with Gasteiger partial charge < -0.3 is 14.5 Å². The largest absolute Gasteiger partial charge is 0.381 e. The fourth-order valence-corrected chi connectivity index (χ4v) is 3.86. The van der Waals surface area contributed by atoms with Crippen LogP contribution in [0.1, 0.15) is 122 Å². The summed E-state index contributed by atoms with van der Waals surface area (Å²) in [5.41, 5.74) is 0. The van der Waals surface area contributed by atoms with Crippen LogP contribution in [-0.2, 0) is 9.53 Å². The lowest BCUT2D eigenvalue weighted by molar-refractivity contribution is -0.870. The molecule has 186 valence electrons. The Labute approximate surface area is 195 Å². The zero-order valence-electron chi connectivity index (χ0n) is 21.8. The molecule has 0 saturated carbocycles. The number of quaternary nitrogens is 1. The standard InChI is InChI=1S/C27H56N2O2/c1-5-6-7-8-9-10-11-12-13-14-15-16-17-19-25-31-26-20-18-22-27(30)28-23-21-24-29(2,3)4/h5-26H2,1-4H3/p+1. The van der Waals surface area contributed by atoms with Gasteiger partial charge in [0.25, 0.3) is 0 Å². The van der Waals surface area contributed by atoms with E-state index >= 15 is 0 Å². The highest BCUT2D eigenvalue weighted by molar-refractivity contribution is 5.75. The van der Waals surface area contributed by atoms with E-state index in [9.17, 15) is 4.79 Å². The maximum Gasteiger partial charge on any atom is 0.219 e. The first-order chi connectivity index (χ1) is 15.0. The number of hydrogen-bond donors (Lipinski definition) is 1. The minimum Gasteiger partial charge on any atom is -0.381 e. The third-order valence-corrected chi connectivity index (χ3v) is 5.91. The Kier molecular flexibility index (Phi) is 22.1. The smallest absolute Gasteiger partial charge is 0.219 e. The van der Waals surface area contributed by atoms with Gasteiger partial charge in [-0.3, -0.25) is 4.79 Å². The molecule has 0 rings (SSSR count). The molecule has 0 radical (unpaired) electrons. The van der Waals surface area contributed by atoms with Crippen molar-refractivity contribution in [3.05, 3.63) is 0 Å². The van der Waals surface area contributed by atoms with E-state index in [0.29, 0.717) is 6.42 Å². The van der Waals surface area contributed by atoms with Crippen molar-refractivity contribution in [2.75, 3.05) is 47.4 Å². The Morgan fingerprint density at radius 2 is 1.10 bits per heavy atom. The number of nitrogens with one attached hydrogen (secondary N) is 1. The first kappa shape index (κ1) is 30.4. The highest BCUT2D eigenvalue weighted by Gasteiger charge is 2.06. The van der Waals surface area contributed by atoms with Crippen molar-refractivity contribution in [1.29, 1.82) is 0 Å². The molecule has 1 amide bonds. The van der Waals surface area contributed by atoms with Crippen LogP contribution in [0.5, 0.6) is 0 Å². The molecule has 0 aliphatic heterocycles. The molecule has 1 N–H and O–H groups in total. The molecule has 0 unspecified atom stereocenters. The molecular formula is C27H57N2O2+. The van der Waals surface area contributed by atoms with Gasteiger partial charge >= 0.3 is 0 Å². The number of carbonyl (C=O) groups is 1. The molecule has 0 atom stereocenters. The van der Waals surface area contributed by atoms with Crippen LogP contribution in [0.25, 0.3) is 0 Å². The second-order valence-corrected chi connectivity index (χ2v) is 10.4. The minimum absolute atomic E-state index is 0.188. The second-order valence-electron chi connectivity index (χ2n) is 10.4. The summed E-state index contributed by atoms with van der Waals surface area (Å²) < 4.78 is 6.68. The monoisotopic (exact) mass is 441 g/mol. The quantitative estimate of drug-likeness (QED) is 0.131. The van der Waals surface area contributed by atoms with E-state index in [1.165, 1.54) is 89.9 Å². The van der Waals surface area contributed by atoms with Crippen molar-refractivity contribution in [1.82, 2.24) is 5.32 Å². The normalized spacial score (nSPS) is 11.7. The fourth-order valence-electron chi connectivity index (χ4n) is 3.86. The zero-order chi connectivity index (χ0) is 23.0. The van der Waals surface area contributed by atoms with Gasteiger partial charge in [-0.05, 0) is 19.3 Å². The van der Waals surface area contributed by atoms with Crippen LogP contribution in [0.3, 0.4) is 0 Å². The van der Waals surface area contributed by atoms with Gasteiger partial charge in [0.05, 0.1) is 27.7 Å².